The zero-order valence-corrected chi connectivity index (χ0v) is 14.3. The minimum atomic E-state index is -0.889. The van der Waals surface area contributed by atoms with Gasteiger partial charge in [-0.25, -0.2) is 9.78 Å². The van der Waals surface area contributed by atoms with Gasteiger partial charge in [-0.05, 0) is 55.8 Å². The van der Waals surface area contributed by atoms with Crippen molar-refractivity contribution in [3.05, 3.63) is 53.9 Å². The molecule has 0 atom stereocenters. The first kappa shape index (κ1) is 16.7. The molecule has 0 bridgehead atoms. The third kappa shape index (κ3) is 3.10. The highest BCUT2D eigenvalue weighted by atomic mass is 16.5. The Morgan fingerprint density at radius 3 is 2.52 bits per heavy atom. The maximum absolute atomic E-state index is 12.7. The van der Waals surface area contributed by atoms with Gasteiger partial charge in [0.1, 0.15) is 22.8 Å². The molecule has 6 nitrogen and oxygen atoms in total. The van der Waals surface area contributed by atoms with E-state index in [2.05, 4.69) is 4.98 Å². The van der Waals surface area contributed by atoms with E-state index in [1.165, 1.54) is 0 Å². The fourth-order valence-corrected chi connectivity index (χ4v) is 2.61. The van der Waals surface area contributed by atoms with Crippen LogP contribution in [0.15, 0.2) is 42.6 Å². The summed E-state index contributed by atoms with van der Waals surface area (Å²) in [4.78, 5) is 29.2. The number of esters is 1. The summed E-state index contributed by atoms with van der Waals surface area (Å²) in [6.45, 7) is 3.74. The number of aromatic nitrogens is 2. The van der Waals surface area contributed by atoms with E-state index in [-0.39, 0.29) is 12.3 Å². The second-order valence-electron chi connectivity index (χ2n) is 5.52. The molecular weight excluding hydrogens is 320 g/mol. The topological polar surface area (TPSA) is 69.9 Å². The minimum Gasteiger partial charge on any atom is -0.497 e. The van der Waals surface area contributed by atoms with Gasteiger partial charge in [-0.1, -0.05) is 0 Å². The molecule has 0 amide bonds. The first-order valence-corrected chi connectivity index (χ1v) is 7.89. The summed E-state index contributed by atoms with van der Waals surface area (Å²) < 4.78 is 11.7. The summed E-state index contributed by atoms with van der Waals surface area (Å²) in [5.74, 6) is -0.912. The average molecular weight is 338 g/mol. The highest BCUT2D eigenvalue weighted by molar-refractivity contribution is 6.41. The molecule has 0 aliphatic carbocycles. The molecule has 25 heavy (non-hydrogen) atoms. The van der Waals surface area contributed by atoms with Crippen LogP contribution in [0.1, 0.15) is 23.0 Å². The number of hydrogen-bond donors (Lipinski definition) is 0. The summed E-state index contributed by atoms with van der Waals surface area (Å²) in [6.07, 6.45) is 1.73. The predicted molar refractivity (Wildman–Crippen MR) is 92.9 cm³/mol. The van der Waals surface area contributed by atoms with E-state index >= 15 is 0 Å². The van der Waals surface area contributed by atoms with Crippen molar-refractivity contribution < 1.29 is 19.1 Å². The van der Waals surface area contributed by atoms with Crippen molar-refractivity contribution in [1.82, 2.24) is 9.38 Å². The molecule has 0 fully saturated rings. The predicted octanol–water partition coefficient (Wildman–Crippen LogP) is 3.06. The molecule has 0 saturated carbocycles. The number of rotatable bonds is 5. The molecule has 0 radical (unpaired) electrons. The number of pyridine rings is 1. The van der Waals surface area contributed by atoms with Gasteiger partial charge in [0.15, 0.2) is 0 Å². The third-order valence-electron chi connectivity index (χ3n) is 3.82. The van der Waals surface area contributed by atoms with E-state index in [0.29, 0.717) is 17.1 Å². The van der Waals surface area contributed by atoms with Gasteiger partial charge in [0.05, 0.1) is 13.7 Å². The Morgan fingerprint density at radius 1 is 1.16 bits per heavy atom. The Hall–Kier alpha value is -3.15. The Morgan fingerprint density at radius 2 is 1.88 bits per heavy atom. The second-order valence-corrected chi connectivity index (χ2v) is 5.52. The molecule has 0 aliphatic heterocycles. The Balaban J connectivity index is 2.20. The summed E-state index contributed by atoms with van der Waals surface area (Å²) in [6, 6.07) is 10.9. The molecule has 2 aromatic heterocycles. The lowest BCUT2D eigenvalue weighted by atomic mass is 10.1. The number of ketones is 1. The molecule has 2 heterocycles. The zero-order valence-electron chi connectivity index (χ0n) is 14.3. The smallest absolute Gasteiger partial charge is 0.381 e. The molecule has 0 unspecified atom stereocenters. The normalized spacial score (nSPS) is 10.7. The van der Waals surface area contributed by atoms with Crippen LogP contribution < -0.4 is 4.74 Å². The molecule has 0 saturated heterocycles. The van der Waals surface area contributed by atoms with Crippen molar-refractivity contribution >= 4 is 17.4 Å². The average Bonchev–Trinajstić information content (AvgIpc) is 2.99. The number of methoxy groups -OCH3 is 1. The standard InChI is InChI=1S/C19H18N2O4/c1-4-25-19(23)18(22)17-16(13-5-7-14(24-3)8-6-13)20-15-11-12(2)9-10-21(15)17/h5-11H,4H2,1-3H3. The Bertz CT molecular complexity index is 942. The van der Waals surface area contributed by atoms with Crippen LogP contribution >= 0.6 is 0 Å². The number of carbonyl (C=O) groups excluding carboxylic acids is 2. The van der Waals surface area contributed by atoms with E-state index in [4.69, 9.17) is 9.47 Å². The van der Waals surface area contributed by atoms with Crippen LogP contribution in [0.4, 0.5) is 0 Å². The van der Waals surface area contributed by atoms with Gasteiger partial charge in [0.25, 0.3) is 5.78 Å². The molecule has 3 rings (SSSR count). The third-order valence-corrected chi connectivity index (χ3v) is 3.82. The Kier molecular flexibility index (Phi) is 4.52. The van der Waals surface area contributed by atoms with E-state index in [9.17, 15) is 9.59 Å². The molecule has 0 spiro atoms. The van der Waals surface area contributed by atoms with Crippen molar-refractivity contribution in [2.45, 2.75) is 13.8 Å². The van der Waals surface area contributed by atoms with E-state index < -0.39 is 11.8 Å². The molecule has 0 aliphatic rings. The highest BCUT2D eigenvalue weighted by Crippen LogP contribution is 2.27. The van der Waals surface area contributed by atoms with Gasteiger partial charge >= 0.3 is 5.97 Å². The fourth-order valence-electron chi connectivity index (χ4n) is 2.61. The fraction of sp³-hybridized carbons (Fsp3) is 0.211. The number of Topliss-reactive ketones (excluding diaryl/α,β-unsaturated/α-hetero) is 1. The number of aryl methyl sites for hydroxylation is 1. The summed E-state index contributed by atoms with van der Waals surface area (Å²) in [5.41, 5.74) is 2.95. The number of benzene rings is 1. The maximum atomic E-state index is 12.7. The van der Waals surface area contributed by atoms with Crippen LogP contribution in [0.5, 0.6) is 5.75 Å². The van der Waals surface area contributed by atoms with Crippen LogP contribution in [-0.4, -0.2) is 34.9 Å². The van der Waals surface area contributed by atoms with Crippen molar-refractivity contribution in [2.24, 2.45) is 0 Å². The lowest BCUT2D eigenvalue weighted by Crippen LogP contribution is -2.20. The van der Waals surface area contributed by atoms with Gasteiger partial charge in [0, 0.05) is 11.8 Å². The number of hydrogen-bond acceptors (Lipinski definition) is 5. The lowest BCUT2D eigenvalue weighted by Gasteiger charge is -2.05. The molecule has 0 N–H and O–H groups in total. The number of nitrogens with zero attached hydrogens (tertiary/aromatic N) is 2. The number of fused-ring (bicyclic) bond motifs is 1. The van der Waals surface area contributed by atoms with E-state index in [1.54, 1.807) is 48.9 Å². The Labute approximate surface area is 145 Å². The van der Waals surface area contributed by atoms with Gasteiger partial charge in [-0.15, -0.1) is 0 Å². The molecule has 1 aromatic carbocycles. The van der Waals surface area contributed by atoms with Crippen LogP contribution in [0.2, 0.25) is 0 Å². The van der Waals surface area contributed by atoms with E-state index in [1.807, 2.05) is 19.1 Å². The number of imidazole rings is 1. The largest absolute Gasteiger partial charge is 0.497 e. The van der Waals surface area contributed by atoms with Gasteiger partial charge in [0.2, 0.25) is 0 Å². The lowest BCUT2D eigenvalue weighted by molar-refractivity contribution is -0.137. The molecular formula is C19H18N2O4. The van der Waals surface area contributed by atoms with E-state index in [0.717, 1.165) is 11.1 Å². The highest BCUT2D eigenvalue weighted by Gasteiger charge is 2.27. The quantitative estimate of drug-likeness (QED) is 0.406. The van der Waals surface area contributed by atoms with Crippen molar-refractivity contribution in [3.63, 3.8) is 0 Å². The number of carbonyl (C=O) groups is 2. The van der Waals surface area contributed by atoms with Crippen LogP contribution in [-0.2, 0) is 9.53 Å². The first-order chi connectivity index (χ1) is 12.0. The monoisotopic (exact) mass is 338 g/mol. The summed E-state index contributed by atoms with van der Waals surface area (Å²) in [5, 5.41) is 0. The van der Waals surface area contributed by atoms with Gasteiger partial charge in [-0.3, -0.25) is 9.20 Å². The SMILES string of the molecule is CCOC(=O)C(=O)c1c(-c2ccc(OC)cc2)nc2cc(C)ccn12. The van der Waals surface area contributed by atoms with Crippen LogP contribution in [0.3, 0.4) is 0 Å². The van der Waals surface area contributed by atoms with Gasteiger partial charge in [-0.2, -0.15) is 0 Å². The molecule has 128 valence electrons. The van der Waals surface area contributed by atoms with Crippen molar-refractivity contribution in [3.8, 4) is 17.0 Å². The van der Waals surface area contributed by atoms with Gasteiger partial charge < -0.3 is 9.47 Å². The first-order valence-electron chi connectivity index (χ1n) is 7.89. The maximum Gasteiger partial charge on any atom is 0.381 e. The van der Waals surface area contributed by atoms with Crippen molar-refractivity contribution in [2.75, 3.05) is 13.7 Å². The van der Waals surface area contributed by atoms with Crippen molar-refractivity contribution in [1.29, 1.82) is 0 Å². The second kappa shape index (κ2) is 6.76. The number of ether oxygens (including phenoxy) is 2. The summed E-state index contributed by atoms with van der Waals surface area (Å²) >= 11 is 0. The minimum absolute atomic E-state index is 0.137. The van der Waals surface area contributed by atoms with Crippen LogP contribution in [0.25, 0.3) is 16.9 Å². The summed E-state index contributed by atoms with van der Waals surface area (Å²) in [7, 11) is 1.58. The van der Waals surface area contributed by atoms with Crippen LogP contribution in [0, 0.1) is 6.92 Å². The molecule has 3 aromatic rings. The zero-order chi connectivity index (χ0) is 18.0. The molecule has 6 heteroatoms.